The zero-order valence-corrected chi connectivity index (χ0v) is 18.1. The average molecular weight is 463 g/mol. The fraction of sp³-hybridized carbons (Fsp3) is 0.261. The van der Waals surface area contributed by atoms with Crippen LogP contribution in [0.4, 0.5) is 13.6 Å². The Balaban J connectivity index is 1.25. The molecule has 3 aromatic rings. The minimum atomic E-state index is -0.605. The van der Waals surface area contributed by atoms with Gasteiger partial charge in [0.1, 0.15) is 17.6 Å². The summed E-state index contributed by atoms with van der Waals surface area (Å²) in [6, 6.07) is 6.52. The second kappa shape index (κ2) is 8.55. The molecule has 2 amide bonds. The van der Waals surface area contributed by atoms with E-state index < -0.39 is 23.8 Å². The van der Waals surface area contributed by atoms with Crippen LogP contribution in [0.5, 0.6) is 5.75 Å². The Morgan fingerprint density at radius 2 is 2.03 bits per heavy atom. The number of likely N-dealkylation sites (tertiary alicyclic amines) is 1. The van der Waals surface area contributed by atoms with Gasteiger partial charge in [0, 0.05) is 38.1 Å². The lowest BCUT2D eigenvalue weighted by molar-refractivity contribution is 0.0257. The number of urea groups is 1. The summed E-state index contributed by atoms with van der Waals surface area (Å²) in [4.78, 5) is 22.8. The Kier molecular flexibility index (Phi) is 5.41. The summed E-state index contributed by atoms with van der Waals surface area (Å²) >= 11 is 0. The number of benzene rings is 1. The van der Waals surface area contributed by atoms with Gasteiger partial charge in [0.05, 0.1) is 37.0 Å². The first-order valence-corrected chi connectivity index (χ1v) is 10.5. The molecule has 2 aliphatic rings. The number of aryl methyl sites for hydroxylation is 1. The smallest absolute Gasteiger partial charge is 0.341 e. The summed E-state index contributed by atoms with van der Waals surface area (Å²) in [5.41, 5.74) is 1.14. The molecular formula is C23H19F2N7O2. The van der Waals surface area contributed by atoms with Crippen molar-refractivity contribution < 1.29 is 18.3 Å². The molecule has 0 spiro atoms. The molecule has 2 aliphatic heterocycles. The average Bonchev–Trinajstić information content (AvgIpc) is 3.45. The fourth-order valence-corrected chi connectivity index (χ4v) is 3.98. The molecule has 2 aromatic heterocycles. The lowest BCUT2D eigenvalue weighted by Gasteiger charge is -2.41. The monoisotopic (exact) mass is 463 g/mol. The minimum absolute atomic E-state index is 0.0333. The molecular weight excluding hydrogens is 444 g/mol. The molecule has 0 radical (unpaired) electrons. The molecule has 1 fully saturated rings. The second-order valence-corrected chi connectivity index (χ2v) is 8.07. The summed E-state index contributed by atoms with van der Waals surface area (Å²) < 4.78 is 35.7. The van der Waals surface area contributed by atoms with Gasteiger partial charge in [-0.2, -0.15) is 10.4 Å². The van der Waals surface area contributed by atoms with E-state index in [-0.39, 0.29) is 30.4 Å². The first-order chi connectivity index (χ1) is 16.4. The number of hydrogen-bond acceptors (Lipinski definition) is 6. The number of carbonyl (C=O) groups excluding carboxylic acids is 1. The molecule has 0 bridgehead atoms. The Morgan fingerprint density at radius 1 is 1.21 bits per heavy atom. The van der Waals surface area contributed by atoms with E-state index in [4.69, 9.17) is 10.00 Å². The molecule has 1 saturated heterocycles. The number of imidazole rings is 1. The van der Waals surface area contributed by atoms with Gasteiger partial charge in [0.25, 0.3) is 0 Å². The normalized spacial score (nSPS) is 17.5. The minimum Gasteiger partial charge on any atom is -0.483 e. The van der Waals surface area contributed by atoms with E-state index >= 15 is 0 Å². The van der Waals surface area contributed by atoms with Gasteiger partial charge in [-0.15, -0.1) is 0 Å². The van der Waals surface area contributed by atoms with Gasteiger partial charge < -0.3 is 14.2 Å². The van der Waals surface area contributed by atoms with E-state index in [2.05, 4.69) is 15.1 Å². The predicted molar refractivity (Wildman–Crippen MR) is 117 cm³/mol. The number of rotatable bonds is 4. The second-order valence-electron chi connectivity index (χ2n) is 8.07. The number of aromatic nitrogens is 3. The lowest BCUT2D eigenvalue weighted by atomic mass is 10.0. The molecule has 0 saturated carbocycles. The maximum absolute atomic E-state index is 14.3. The highest BCUT2D eigenvalue weighted by Crippen LogP contribution is 2.32. The first-order valence-electron chi connectivity index (χ1n) is 10.5. The van der Waals surface area contributed by atoms with Gasteiger partial charge in [-0.1, -0.05) is 0 Å². The van der Waals surface area contributed by atoms with Gasteiger partial charge in [0.15, 0.2) is 17.4 Å². The molecule has 11 heteroatoms. The van der Waals surface area contributed by atoms with Gasteiger partial charge in [0.2, 0.25) is 0 Å². The van der Waals surface area contributed by atoms with Crippen molar-refractivity contribution in [2.45, 2.75) is 18.6 Å². The predicted octanol–water partition coefficient (Wildman–Crippen LogP) is 3.25. The topological polar surface area (TPSA) is 99.6 Å². The largest absolute Gasteiger partial charge is 0.483 e. The molecule has 9 nitrogen and oxygen atoms in total. The Labute approximate surface area is 193 Å². The van der Waals surface area contributed by atoms with Crippen LogP contribution in [0.15, 0.2) is 48.0 Å². The molecule has 1 aromatic carbocycles. The number of amides is 2. The van der Waals surface area contributed by atoms with Gasteiger partial charge >= 0.3 is 6.03 Å². The molecule has 5 rings (SSSR count). The number of nitrogens with zero attached hydrogens (tertiary/aromatic N) is 7. The van der Waals surface area contributed by atoms with E-state index in [0.717, 1.165) is 12.3 Å². The SMILES string of the molecule is Cn1ccnc1-c1cc(OC2CN(C(=O)N3N=CC[C@H]3c3cc(F)cc(C#N)c3)C2)c(F)cn1. The van der Waals surface area contributed by atoms with Crippen LogP contribution in [-0.4, -0.2) is 55.9 Å². The summed E-state index contributed by atoms with van der Waals surface area (Å²) in [5, 5.41) is 14.5. The summed E-state index contributed by atoms with van der Waals surface area (Å²) in [5.74, 6) is -0.544. The van der Waals surface area contributed by atoms with E-state index in [1.165, 1.54) is 22.0 Å². The van der Waals surface area contributed by atoms with Crippen LogP contribution in [0.2, 0.25) is 0 Å². The van der Waals surface area contributed by atoms with Crippen LogP contribution < -0.4 is 4.74 Å². The third-order valence-electron chi connectivity index (χ3n) is 5.74. The molecule has 0 unspecified atom stereocenters. The number of hydrazone groups is 1. The van der Waals surface area contributed by atoms with Crippen LogP contribution in [0, 0.1) is 23.0 Å². The maximum Gasteiger partial charge on any atom is 0.341 e. The molecule has 4 heterocycles. The van der Waals surface area contributed by atoms with Crippen molar-refractivity contribution in [3.05, 3.63) is 65.6 Å². The summed E-state index contributed by atoms with van der Waals surface area (Å²) in [7, 11) is 1.81. The van der Waals surface area contributed by atoms with Crippen molar-refractivity contribution in [1.82, 2.24) is 24.4 Å². The van der Waals surface area contributed by atoms with Crippen molar-refractivity contribution in [3.63, 3.8) is 0 Å². The lowest BCUT2D eigenvalue weighted by Crippen LogP contribution is -2.58. The van der Waals surface area contributed by atoms with Crippen molar-refractivity contribution in [1.29, 1.82) is 5.26 Å². The molecule has 0 aliphatic carbocycles. The summed E-state index contributed by atoms with van der Waals surface area (Å²) in [6.45, 7) is 0.480. The number of nitriles is 1. The highest BCUT2D eigenvalue weighted by atomic mass is 19.1. The van der Waals surface area contributed by atoms with Gasteiger partial charge in [-0.3, -0.25) is 0 Å². The van der Waals surface area contributed by atoms with Crippen LogP contribution in [0.1, 0.15) is 23.6 Å². The van der Waals surface area contributed by atoms with Gasteiger partial charge in [-0.25, -0.2) is 28.6 Å². The van der Waals surface area contributed by atoms with Crippen molar-refractivity contribution in [3.8, 4) is 23.3 Å². The van der Waals surface area contributed by atoms with Crippen molar-refractivity contribution in [2.75, 3.05) is 13.1 Å². The van der Waals surface area contributed by atoms with Crippen molar-refractivity contribution in [2.24, 2.45) is 12.1 Å². The highest BCUT2D eigenvalue weighted by molar-refractivity contribution is 5.79. The number of halogens is 2. The van der Waals surface area contributed by atoms with Crippen molar-refractivity contribution >= 4 is 12.2 Å². The standard InChI is InChI=1S/C23H19F2N7O2/c1-30-5-4-27-22(30)19-9-21(18(25)11-28-19)34-17-12-31(13-17)23(33)32-20(2-3-29-32)15-6-14(10-26)7-16(24)8-15/h3-9,11,17,20H,2,12-13H2,1H3/t20-/m0/s1. The first kappa shape index (κ1) is 21.5. The highest BCUT2D eigenvalue weighted by Gasteiger charge is 2.39. The van der Waals surface area contributed by atoms with Crippen LogP contribution in [-0.2, 0) is 7.05 Å². The number of ether oxygens (including phenoxy) is 1. The third kappa shape index (κ3) is 3.94. The molecule has 34 heavy (non-hydrogen) atoms. The fourth-order valence-electron chi connectivity index (χ4n) is 3.98. The van der Waals surface area contributed by atoms with Gasteiger partial charge in [-0.05, 0) is 23.8 Å². The third-order valence-corrected chi connectivity index (χ3v) is 5.74. The zero-order valence-electron chi connectivity index (χ0n) is 18.1. The van der Waals surface area contributed by atoms with Crippen LogP contribution >= 0.6 is 0 Å². The molecule has 172 valence electrons. The van der Waals surface area contributed by atoms with Crippen LogP contribution in [0.3, 0.4) is 0 Å². The molecule has 1 atom stereocenters. The Hall–Kier alpha value is -4.33. The molecule has 0 N–H and O–H groups in total. The zero-order chi connectivity index (χ0) is 23.8. The van der Waals surface area contributed by atoms with Crippen LogP contribution in [0.25, 0.3) is 11.5 Å². The number of pyridine rings is 1. The summed E-state index contributed by atoms with van der Waals surface area (Å²) in [6.07, 6.45) is 6.05. The maximum atomic E-state index is 14.3. The van der Waals surface area contributed by atoms with E-state index in [1.807, 2.05) is 13.1 Å². The number of carbonyl (C=O) groups is 1. The van der Waals surface area contributed by atoms with E-state index in [0.29, 0.717) is 23.5 Å². The van der Waals surface area contributed by atoms with E-state index in [9.17, 15) is 13.6 Å². The number of hydrogen-bond donors (Lipinski definition) is 0. The van der Waals surface area contributed by atoms with E-state index in [1.54, 1.807) is 29.2 Å². The Morgan fingerprint density at radius 3 is 2.76 bits per heavy atom. The Bertz CT molecular complexity index is 1330. The quantitative estimate of drug-likeness (QED) is 0.592.